The first kappa shape index (κ1) is 16.0. The first-order valence-electron chi connectivity index (χ1n) is 8.48. The molecule has 0 saturated heterocycles. The van der Waals surface area contributed by atoms with Crippen LogP contribution in [0.5, 0.6) is 0 Å². The highest BCUT2D eigenvalue weighted by Gasteiger charge is 2.28. The third-order valence-electron chi connectivity index (χ3n) is 4.86. The molecule has 1 unspecified atom stereocenters. The van der Waals surface area contributed by atoms with E-state index < -0.39 is 0 Å². The van der Waals surface area contributed by atoms with E-state index in [9.17, 15) is 4.79 Å². The molecule has 1 aromatic carbocycles. The molecule has 0 spiro atoms. The fourth-order valence-corrected chi connectivity index (χ4v) is 3.34. The molecule has 3 nitrogen and oxygen atoms in total. The van der Waals surface area contributed by atoms with E-state index in [1.54, 1.807) is 0 Å². The first-order valence-corrected chi connectivity index (χ1v) is 8.48. The van der Waals surface area contributed by atoms with E-state index in [1.165, 1.54) is 5.56 Å². The molecule has 23 heavy (non-hydrogen) atoms. The molecule has 1 saturated carbocycles. The van der Waals surface area contributed by atoms with E-state index in [4.69, 9.17) is 5.73 Å². The lowest BCUT2D eigenvalue weighted by molar-refractivity contribution is 0.659. The predicted molar refractivity (Wildman–Crippen MR) is 95.0 cm³/mol. The van der Waals surface area contributed by atoms with E-state index in [0.29, 0.717) is 12.0 Å². The third-order valence-corrected chi connectivity index (χ3v) is 4.86. The van der Waals surface area contributed by atoms with Gasteiger partial charge in [-0.2, -0.15) is 0 Å². The Labute approximate surface area is 138 Å². The maximum Gasteiger partial charge on any atom is 0.256 e. The number of pyridine rings is 1. The normalized spacial score (nSPS) is 15.9. The minimum Gasteiger partial charge on any atom is -0.320 e. The summed E-state index contributed by atoms with van der Waals surface area (Å²) in [6.45, 7) is 8.35. The van der Waals surface area contributed by atoms with Crippen molar-refractivity contribution in [3.63, 3.8) is 0 Å². The van der Waals surface area contributed by atoms with Gasteiger partial charge in [0.15, 0.2) is 0 Å². The Morgan fingerprint density at radius 3 is 2.17 bits per heavy atom. The summed E-state index contributed by atoms with van der Waals surface area (Å²) in [7, 11) is 0. The standard InChI is InChI=1S/C20H26N2O/c1-12(2)15-5-7-16(8-6-15)19(21)18-13(3)11-14(4)22(20(18)23)17-9-10-17/h5-8,11-12,17,19H,9-10,21H2,1-4H3. The quantitative estimate of drug-likeness (QED) is 0.929. The van der Waals surface area contributed by atoms with Crippen molar-refractivity contribution in [2.75, 3.05) is 0 Å². The highest BCUT2D eigenvalue weighted by Crippen LogP contribution is 2.35. The molecule has 1 atom stereocenters. The summed E-state index contributed by atoms with van der Waals surface area (Å²) in [5.41, 5.74) is 11.6. The largest absolute Gasteiger partial charge is 0.320 e. The maximum absolute atomic E-state index is 13.0. The summed E-state index contributed by atoms with van der Waals surface area (Å²) < 4.78 is 1.94. The van der Waals surface area contributed by atoms with Gasteiger partial charge in [0, 0.05) is 17.3 Å². The molecule has 1 heterocycles. The lowest BCUT2D eigenvalue weighted by atomic mass is 9.94. The van der Waals surface area contributed by atoms with E-state index in [1.807, 2.05) is 18.4 Å². The molecule has 3 rings (SSSR count). The Hall–Kier alpha value is -1.87. The summed E-state index contributed by atoms with van der Waals surface area (Å²) in [6, 6.07) is 10.4. The van der Waals surface area contributed by atoms with Gasteiger partial charge in [-0.25, -0.2) is 0 Å². The van der Waals surface area contributed by atoms with E-state index in [0.717, 1.165) is 35.2 Å². The molecule has 122 valence electrons. The molecule has 0 amide bonds. The van der Waals surface area contributed by atoms with Gasteiger partial charge in [0.25, 0.3) is 5.56 Å². The van der Waals surface area contributed by atoms with Crippen molar-refractivity contribution in [1.82, 2.24) is 4.57 Å². The van der Waals surface area contributed by atoms with E-state index >= 15 is 0 Å². The van der Waals surface area contributed by atoms with Gasteiger partial charge in [0.1, 0.15) is 0 Å². The Kier molecular flexibility index (Phi) is 4.15. The molecule has 1 aliphatic carbocycles. The fraction of sp³-hybridized carbons (Fsp3) is 0.450. The van der Waals surface area contributed by atoms with Gasteiger partial charge in [-0.05, 0) is 55.4 Å². The first-order chi connectivity index (χ1) is 10.9. The number of nitrogens with two attached hydrogens (primary N) is 1. The van der Waals surface area contributed by atoms with Crippen LogP contribution in [-0.4, -0.2) is 4.57 Å². The van der Waals surface area contributed by atoms with Crippen LogP contribution in [0.3, 0.4) is 0 Å². The summed E-state index contributed by atoms with van der Waals surface area (Å²) in [5.74, 6) is 0.494. The number of nitrogens with zero attached hydrogens (tertiary/aromatic N) is 1. The molecular weight excluding hydrogens is 284 g/mol. The third kappa shape index (κ3) is 2.98. The van der Waals surface area contributed by atoms with Gasteiger partial charge in [-0.1, -0.05) is 38.1 Å². The molecule has 0 bridgehead atoms. The topological polar surface area (TPSA) is 48.0 Å². The minimum absolute atomic E-state index is 0.0884. The smallest absolute Gasteiger partial charge is 0.256 e. The second kappa shape index (κ2) is 5.97. The van der Waals surface area contributed by atoms with Crippen LogP contribution in [0.2, 0.25) is 0 Å². The lowest BCUT2D eigenvalue weighted by Crippen LogP contribution is -2.31. The Morgan fingerprint density at radius 1 is 1.09 bits per heavy atom. The van der Waals surface area contributed by atoms with Crippen LogP contribution in [0.1, 0.15) is 72.6 Å². The number of hydrogen-bond donors (Lipinski definition) is 1. The van der Waals surface area contributed by atoms with Gasteiger partial charge in [0.2, 0.25) is 0 Å². The van der Waals surface area contributed by atoms with Crippen molar-refractivity contribution >= 4 is 0 Å². The van der Waals surface area contributed by atoms with E-state index in [2.05, 4.69) is 44.2 Å². The second-order valence-corrected chi connectivity index (χ2v) is 7.09. The Balaban J connectivity index is 2.03. The van der Waals surface area contributed by atoms with Crippen LogP contribution in [-0.2, 0) is 0 Å². The van der Waals surface area contributed by atoms with Crippen LogP contribution in [0.25, 0.3) is 0 Å². The van der Waals surface area contributed by atoms with Gasteiger partial charge in [-0.3, -0.25) is 4.79 Å². The van der Waals surface area contributed by atoms with Gasteiger partial charge >= 0.3 is 0 Å². The zero-order valence-corrected chi connectivity index (χ0v) is 14.5. The fourth-order valence-electron chi connectivity index (χ4n) is 3.34. The van der Waals surface area contributed by atoms with Crippen molar-refractivity contribution in [2.45, 2.75) is 58.5 Å². The molecule has 1 aliphatic rings. The molecule has 1 fully saturated rings. The number of aromatic nitrogens is 1. The van der Waals surface area contributed by atoms with Crippen molar-refractivity contribution < 1.29 is 0 Å². The van der Waals surface area contributed by atoms with Crippen LogP contribution < -0.4 is 11.3 Å². The van der Waals surface area contributed by atoms with E-state index in [-0.39, 0.29) is 11.6 Å². The SMILES string of the molecule is Cc1cc(C)n(C2CC2)c(=O)c1C(N)c1ccc(C(C)C)cc1. The minimum atomic E-state index is -0.366. The molecule has 2 N–H and O–H groups in total. The number of hydrogen-bond acceptors (Lipinski definition) is 2. The van der Waals surface area contributed by atoms with Crippen molar-refractivity contribution in [3.05, 3.63) is 68.6 Å². The zero-order valence-electron chi connectivity index (χ0n) is 14.5. The van der Waals surface area contributed by atoms with Gasteiger partial charge in [-0.15, -0.1) is 0 Å². The van der Waals surface area contributed by atoms with Crippen LogP contribution in [0.15, 0.2) is 35.1 Å². The Morgan fingerprint density at radius 2 is 1.65 bits per heavy atom. The summed E-state index contributed by atoms with van der Waals surface area (Å²) >= 11 is 0. The average Bonchev–Trinajstić information content (AvgIpc) is 3.31. The summed E-state index contributed by atoms with van der Waals surface area (Å²) in [6.07, 6.45) is 2.20. The molecule has 0 radical (unpaired) electrons. The van der Waals surface area contributed by atoms with Crippen LogP contribution >= 0.6 is 0 Å². The molecular formula is C20H26N2O. The highest BCUT2D eigenvalue weighted by molar-refractivity contribution is 5.38. The number of rotatable bonds is 4. The molecule has 1 aromatic heterocycles. The number of aryl methyl sites for hydroxylation is 2. The van der Waals surface area contributed by atoms with Crippen molar-refractivity contribution in [3.8, 4) is 0 Å². The highest BCUT2D eigenvalue weighted by atomic mass is 16.1. The monoisotopic (exact) mass is 310 g/mol. The summed E-state index contributed by atoms with van der Waals surface area (Å²) in [4.78, 5) is 13.0. The van der Waals surface area contributed by atoms with Crippen molar-refractivity contribution in [1.29, 1.82) is 0 Å². The molecule has 0 aliphatic heterocycles. The van der Waals surface area contributed by atoms with Crippen molar-refractivity contribution in [2.24, 2.45) is 5.73 Å². The number of benzene rings is 1. The maximum atomic E-state index is 13.0. The van der Waals surface area contributed by atoms with Gasteiger partial charge < -0.3 is 10.3 Å². The Bertz CT molecular complexity index is 767. The molecule has 2 aromatic rings. The van der Waals surface area contributed by atoms with Crippen LogP contribution in [0, 0.1) is 13.8 Å². The lowest BCUT2D eigenvalue weighted by Gasteiger charge is -2.19. The predicted octanol–water partition coefficient (Wildman–Crippen LogP) is 3.97. The zero-order chi connectivity index (χ0) is 16.7. The molecule has 3 heteroatoms. The van der Waals surface area contributed by atoms with Crippen LogP contribution in [0.4, 0.5) is 0 Å². The van der Waals surface area contributed by atoms with Gasteiger partial charge in [0.05, 0.1) is 6.04 Å². The summed E-state index contributed by atoms with van der Waals surface area (Å²) in [5, 5.41) is 0. The second-order valence-electron chi connectivity index (χ2n) is 7.09. The average molecular weight is 310 g/mol.